The van der Waals surface area contributed by atoms with E-state index in [1.54, 1.807) is 18.3 Å². The summed E-state index contributed by atoms with van der Waals surface area (Å²) in [6.07, 6.45) is 1.63. The first-order valence-corrected chi connectivity index (χ1v) is 4.54. The number of fused-ring (bicyclic) bond motifs is 1. The van der Waals surface area contributed by atoms with Crippen molar-refractivity contribution >= 4 is 10.9 Å². The highest BCUT2D eigenvalue weighted by Gasteiger charge is 2.02. The zero-order valence-corrected chi connectivity index (χ0v) is 8.00. The summed E-state index contributed by atoms with van der Waals surface area (Å²) >= 11 is 0. The maximum atomic E-state index is 13.5. The normalized spacial score (nSPS) is 9.73. The fourth-order valence-corrected chi connectivity index (χ4v) is 1.34. The molecule has 0 unspecified atom stereocenters. The van der Waals surface area contributed by atoms with E-state index in [1.165, 1.54) is 6.07 Å². The number of halogens is 1. The second-order valence-electron chi connectivity index (χ2n) is 3.03. The molecule has 0 spiro atoms. The van der Waals surface area contributed by atoms with Gasteiger partial charge in [0.1, 0.15) is 5.82 Å². The number of aromatic nitrogens is 1. The molecule has 74 valence electrons. The fraction of sp³-hybridized carbons (Fsp3) is 0.0833. The van der Waals surface area contributed by atoms with E-state index in [1.807, 2.05) is 6.07 Å². The third-order valence-electron chi connectivity index (χ3n) is 2.02. The van der Waals surface area contributed by atoms with Crippen molar-refractivity contribution in [2.75, 3.05) is 6.54 Å². The van der Waals surface area contributed by atoms with Crippen LogP contribution >= 0.6 is 0 Å². The highest BCUT2D eigenvalue weighted by molar-refractivity contribution is 5.80. The highest BCUT2D eigenvalue weighted by Crippen LogP contribution is 2.16. The second kappa shape index (κ2) is 4.07. The topological polar surface area (TPSA) is 38.9 Å². The summed E-state index contributed by atoms with van der Waals surface area (Å²) in [5.74, 6) is 4.96. The Morgan fingerprint density at radius 1 is 1.40 bits per heavy atom. The molecule has 0 amide bonds. The zero-order valence-electron chi connectivity index (χ0n) is 8.00. The van der Waals surface area contributed by atoms with E-state index < -0.39 is 0 Å². The number of rotatable bonds is 0. The molecule has 0 bridgehead atoms. The first kappa shape index (κ1) is 9.63. The Kier molecular flexibility index (Phi) is 2.61. The molecule has 0 aliphatic rings. The van der Waals surface area contributed by atoms with Gasteiger partial charge in [-0.3, -0.25) is 4.98 Å². The lowest BCUT2D eigenvalue weighted by atomic mass is 10.1. The summed E-state index contributed by atoms with van der Waals surface area (Å²) < 4.78 is 13.5. The second-order valence-corrected chi connectivity index (χ2v) is 3.03. The van der Waals surface area contributed by atoms with E-state index in [2.05, 4.69) is 16.8 Å². The van der Waals surface area contributed by atoms with Gasteiger partial charge in [0.05, 0.1) is 17.6 Å². The molecule has 2 nitrogen and oxygen atoms in total. The first-order chi connectivity index (χ1) is 7.31. The summed E-state index contributed by atoms with van der Waals surface area (Å²) in [5.41, 5.74) is 6.23. The van der Waals surface area contributed by atoms with Crippen molar-refractivity contribution in [3.05, 3.63) is 41.8 Å². The van der Waals surface area contributed by atoms with E-state index in [9.17, 15) is 4.39 Å². The van der Waals surface area contributed by atoms with E-state index in [0.717, 1.165) is 5.39 Å². The van der Waals surface area contributed by atoms with Crippen molar-refractivity contribution in [2.24, 2.45) is 5.73 Å². The number of pyridine rings is 1. The van der Waals surface area contributed by atoms with Crippen LogP contribution in [0.2, 0.25) is 0 Å². The van der Waals surface area contributed by atoms with Crippen LogP contribution in [0.1, 0.15) is 5.56 Å². The Morgan fingerprint density at radius 2 is 2.27 bits per heavy atom. The molecule has 1 aromatic heterocycles. The molecule has 0 atom stereocenters. The lowest BCUT2D eigenvalue weighted by Crippen LogP contribution is -1.94. The minimum atomic E-state index is -0.359. The average Bonchev–Trinajstić information content (AvgIpc) is 2.26. The Hall–Kier alpha value is -1.92. The molecule has 0 fully saturated rings. The van der Waals surface area contributed by atoms with Crippen LogP contribution in [0.3, 0.4) is 0 Å². The van der Waals surface area contributed by atoms with Crippen molar-refractivity contribution < 1.29 is 4.39 Å². The molecule has 15 heavy (non-hydrogen) atoms. The molecule has 1 aromatic carbocycles. The summed E-state index contributed by atoms with van der Waals surface area (Å²) in [6, 6.07) is 6.74. The van der Waals surface area contributed by atoms with Crippen LogP contribution < -0.4 is 5.73 Å². The maximum absolute atomic E-state index is 13.5. The number of benzene rings is 1. The van der Waals surface area contributed by atoms with Crippen molar-refractivity contribution in [3.8, 4) is 11.8 Å². The number of nitrogens with zero attached hydrogens (tertiary/aromatic N) is 1. The third-order valence-corrected chi connectivity index (χ3v) is 2.02. The standard InChI is InChI=1S/C12H9FN2/c13-11-8-12-10(4-2-6-15-12)7-9(11)3-1-5-14/h2,4,6-8H,5,14H2. The van der Waals surface area contributed by atoms with Crippen LogP contribution in [-0.4, -0.2) is 11.5 Å². The van der Waals surface area contributed by atoms with Gasteiger partial charge in [0.15, 0.2) is 0 Å². The maximum Gasteiger partial charge on any atom is 0.141 e. The van der Waals surface area contributed by atoms with Gasteiger partial charge < -0.3 is 5.73 Å². The Labute approximate surface area is 86.9 Å². The summed E-state index contributed by atoms with van der Waals surface area (Å²) in [7, 11) is 0. The molecular formula is C12H9FN2. The van der Waals surface area contributed by atoms with Crippen molar-refractivity contribution in [1.29, 1.82) is 0 Å². The van der Waals surface area contributed by atoms with Gasteiger partial charge in [0.25, 0.3) is 0 Å². The first-order valence-electron chi connectivity index (χ1n) is 4.54. The molecule has 0 saturated heterocycles. The molecule has 0 aliphatic carbocycles. The largest absolute Gasteiger partial charge is 0.320 e. The number of nitrogens with two attached hydrogens (primary N) is 1. The highest BCUT2D eigenvalue weighted by atomic mass is 19.1. The minimum absolute atomic E-state index is 0.227. The van der Waals surface area contributed by atoms with Gasteiger partial charge >= 0.3 is 0 Å². The predicted molar refractivity (Wildman–Crippen MR) is 57.6 cm³/mol. The lowest BCUT2D eigenvalue weighted by molar-refractivity contribution is 0.626. The summed E-state index contributed by atoms with van der Waals surface area (Å²) in [5, 5.41) is 0.875. The molecular weight excluding hydrogens is 191 g/mol. The van der Waals surface area contributed by atoms with Gasteiger partial charge in [0.2, 0.25) is 0 Å². The predicted octanol–water partition coefficient (Wildman–Crippen LogP) is 1.68. The van der Waals surface area contributed by atoms with E-state index in [0.29, 0.717) is 11.1 Å². The molecule has 0 aliphatic heterocycles. The molecule has 0 saturated carbocycles. The number of hydrogen-bond acceptors (Lipinski definition) is 2. The molecule has 0 radical (unpaired) electrons. The monoisotopic (exact) mass is 200 g/mol. The van der Waals surface area contributed by atoms with Crippen LogP contribution in [0.4, 0.5) is 4.39 Å². The molecule has 2 rings (SSSR count). The van der Waals surface area contributed by atoms with Gasteiger partial charge in [-0.15, -0.1) is 0 Å². The van der Waals surface area contributed by atoms with E-state index in [4.69, 9.17) is 5.73 Å². The van der Waals surface area contributed by atoms with Gasteiger partial charge in [-0.05, 0) is 12.1 Å². The molecule has 3 heteroatoms. The van der Waals surface area contributed by atoms with Gasteiger partial charge in [-0.25, -0.2) is 4.39 Å². The quantitative estimate of drug-likeness (QED) is 0.657. The number of hydrogen-bond donors (Lipinski definition) is 1. The van der Waals surface area contributed by atoms with Crippen molar-refractivity contribution in [3.63, 3.8) is 0 Å². The smallest absolute Gasteiger partial charge is 0.141 e. The van der Waals surface area contributed by atoms with Gasteiger partial charge in [-0.2, -0.15) is 0 Å². The average molecular weight is 200 g/mol. The van der Waals surface area contributed by atoms with Gasteiger partial charge in [0, 0.05) is 17.6 Å². The van der Waals surface area contributed by atoms with Crippen LogP contribution in [0.15, 0.2) is 30.5 Å². The fourth-order valence-electron chi connectivity index (χ4n) is 1.34. The van der Waals surface area contributed by atoms with Crippen LogP contribution in [0, 0.1) is 17.7 Å². The molecule has 2 N–H and O–H groups in total. The van der Waals surface area contributed by atoms with Crippen molar-refractivity contribution in [1.82, 2.24) is 4.98 Å². The minimum Gasteiger partial charge on any atom is -0.320 e. The third kappa shape index (κ3) is 1.95. The van der Waals surface area contributed by atoms with Crippen LogP contribution in [0.25, 0.3) is 10.9 Å². The summed E-state index contributed by atoms with van der Waals surface area (Å²) in [6.45, 7) is 0.227. The van der Waals surface area contributed by atoms with Gasteiger partial charge in [-0.1, -0.05) is 17.9 Å². The molecule has 1 heterocycles. The van der Waals surface area contributed by atoms with Crippen LogP contribution in [0.5, 0.6) is 0 Å². The van der Waals surface area contributed by atoms with E-state index in [-0.39, 0.29) is 12.4 Å². The Morgan fingerprint density at radius 3 is 3.07 bits per heavy atom. The lowest BCUT2D eigenvalue weighted by Gasteiger charge is -1.98. The van der Waals surface area contributed by atoms with Crippen LogP contribution in [-0.2, 0) is 0 Å². The summed E-state index contributed by atoms with van der Waals surface area (Å²) in [4.78, 5) is 4.05. The SMILES string of the molecule is NCC#Cc1cc2cccnc2cc1F. The van der Waals surface area contributed by atoms with Crippen molar-refractivity contribution in [2.45, 2.75) is 0 Å². The Bertz CT molecular complexity index is 552. The Balaban J connectivity index is 2.62. The zero-order chi connectivity index (χ0) is 10.7. The van der Waals surface area contributed by atoms with E-state index >= 15 is 0 Å². The molecule has 2 aromatic rings.